The Balaban J connectivity index is 1.57. The van der Waals surface area contributed by atoms with Gasteiger partial charge in [-0.1, -0.05) is 105 Å². The molecule has 1 N–H and O–H groups in total. The largest absolute Gasteiger partial charge is 0.455 e. The number of para-hydroxylation sites is 2. The molecular formula is C31H18Br2O2. The first kappa shape index (κ1) is 21.1. The number of hydrogen-bond donors (Lipinski definition) is 1. The zero-order valence-corrected chi connectivity index (χ0v) is 21.6. The molecule has 7 rings (SSSR count). The first-order valence-electron chi connectivity index (χ1n) is 11.4. The highest BCUT2D eigenvalue weighted by atomic mass is 79.9. The Bertz CT molecular complexity index is 1750. The van der Waals surface area contributed by atoms with Crippen LogP contribution in [0.25, 0.3) is 44.2 Å². The molecule has 6 aromatic rings. The molecule has 0 bridgehead atoms. The Morgan fingerprint density at radius 1 is 0.543 bits per heavy atom. The summed E-state index contributed by atoms with van der Waals surface area (Å²) in [6.45, 7) is 0. The molecule has 0 fully saturated rings. The summed E-state index contributed by atoms with van der Waals surface area (Å²) in [7, 11) is 0. The van der Waals surface area contributed by atoms with E-state index in [0.717, 1.165) is 69.8 Å². The van der Waals surface area contributed by atoms with Crippen molar-refractivity contribution < 1.29 is 9.52 Å². The molecular weight excluding hydrogens is 564 g/mol. The van der Waals surface area contributed by atoms with Crippen molar-refractivity contribution in [3.63, 3.8) is 0 Å². The van der Waals surface area contributed by atoms with E-state index >= 15 is 0 Å². The molecule has 0 spiro atoms. The molecule has 4 heteroatoms. The van der Waals surface area contributed by atoms with Gasteiger partial charge in [-0.25, -0.2) is 0 Å². The summed E-state index contributed by atoms with van der Waals surface area (Å²) in [5, 5.41) is 14.9. The first-order chi connectivity index (χ1) is 17.1. The summed E-state index contributed by atoms with van der Waals surface area (Å²) >= 11 is 7.26. The monoisotopic (exact) mass is 580 g/mol. The molecule has 0 saturated carbocycles. The average Bonchev–Trinajstić information content (AvgIpc) is 3.38. The van der Waals surface area contributed by atoms with Gasteiger partial charge < -0.3 is 9.52 Å². The zero-order chi connectivity index (χ0) is 23.7. The van der Waals surface area contributed by atoms with Gasteiger partial charge in [0, 0.05) is 42.0 Å². The normalized spacial score (nSPS) is 13.8. The molecule has 1 heterocycles. The molecule has 168 valence electrons. The third-order valence-electron chi connectivity index (χ3n) is 7.04. The number of fused-ring (bicyclic) bond motifs is 6. The third-order valence-corrected chi connectivity index (χ3v) is 8.03. The van der Waals surface area contributed by atoms with Crippen molar-refractivity contribution in [2.45, 2.75) is 5.60 Å². The van der Waals surface area contributed by atoms with Crippen LogP contribution in [0.3, 0.4) is 0 Å². The summed E-state index contributed by atoms with van der Waals surface area (Å²) in [6, 6.07) is 34.7. The number of hydrogen-bond acceptors (Lipinski definition) is 2. The molecule has 0 radical (unpaired) electrons. The van der Waals surface area contributed by atoms with E-state index in [1.807, 2.05) is 60.7 Å². The number of aliphatic hydroxyl groups is 1. The average molecular weight is 582 g/mol. The maximum absolute atomic E-state index is 12.7. The van der Waals surface area contributed by atoms with Crippen LogP contribution in [0.1, 0.15) is 16.7 Å². The highest BCUT2D eigenvalue weighted by molar-refractivity contribution is 9.10. The Morgan fingerprint density at radius 2 is 1.11 bits per heavy atom. The molecule has 0 amide bonds. The van der Waals surface area contributed by atoms with Crippen LogP contribution in [0, 0.1) is 0 Å². The Labute approximate surface area is 219 Å². The van der Waals surface area contributed by atoms with Gasteiger partial charge >= 0.3 is 0 Å². The fraction of sp³-hybridized carbons (Fsp3) is 0.0323. The lowest BCUT2D eigenvalue weighted by Gasteiger charge is -2.29. The van der Waals surface area contributed by atoms with Crippen molar-refractivity contribution >= 4 is 53.8 Å². The smallest absolute Gasteiger partial charge is 0.143 e. The van der Waals surface area contributed by atoms with Gasteiger partial charge in [0.05, 0.1) is 0 Å². The highest BCUT2D eigenvalue weighted by Crippen LogP contribution is 2.54. The van der Waals surface area contributed by atoms with Crippen LogP contribution in [-0.2, 0) is 5.60 Å². The summed E-state index contributed by atoms with van der Waals surface area (Å²) in [5.74, 6) is 0. The SMILES string of the molecule is OC1(c2ccccc2-c2cccc3c2oc2ccccc23)c2cc(Br)ccc2-c2ccc(Br)cc21. The number of rotatable bonds is 2. The molecule has 1 aliphatic carbocycles. The van der Waals surface area contributed by atoms with E-state index in [0.29, 0.717) is 0 Å². The van der Waals surface area contributed by atoms with Crippen LogP contribution in [0.15, 0.2) is 116 Å². The molecule has 35 heavy (non-hydrogen) atoms. The van der Waals surface area contributed by atoms with Crippen molar-refractivity contribution in [2.24, 2.45) is 0 Å². The molecule has 1 aliphatic rings. The molecule has 0 atom stereocenters. The van der Waals surface area contributed by atoms with Crippen LogP contribution in [0.4, 0.5) is 0 Å². The topological polar surface area (TPSA) is 33.4 Å². The lowest BCUT2D eigenvalue weighted by molar-refractivity contribution is 0.131. The fourth-order valence-electron chi connectivity index (χ4n) is 5.53. The fourth-order valence-corrected chi connectivity index (χ4v) is 6.25. The van der Waals surface area contributed by atoms with Gasteiger partial charge in [0.1, 0.15) is 16.8 Å². The second-order valence-corrected chi connectivity index (χ2v) is 10.7. The van der Waals surface area contributed by atoms with Crippen LogP contribution >= 0.6 is 31.9 Å². The third kappa shape index (κ3) is 2.97. The number of furan rings is 1. The van der Waals surface area contributed by atoms with Gasteiger partial charge in [-0.05, 0) is 47.0 Å². The minimum atomic E-state index is -1.33. The summed E-state index contributed by atoms with van der Waals surface area (Å²) in [4.78, 5) is 0. The van der Waals surface area contributed by atoms with E-state index in [9.17, 15) is 5.11 Å². The standard InChI is InChI=1S/C31H18Br2O2/c32-18-12-14-21-22-15-13-19(33)17-28(22)31(34,27(21)16-18)26-10-3-1-6-20(26)24-8-5-9-25-23-7-2-4-11-29(23)35-30(24)25/h1-17,34H. The molecule has 1 aromatic heterocycles. The minimum Gasteiger partial charge on any atom is -0.455 e. The van der Waals surface area contributed by atoms with Gasteiger partial charge in [-0.15, -0.1) is 0 Å². The highest BCUT2D eigenvalue weighted by Gasteiger charge is 2.44. The number of halogens is 2. The summed E-state index contributed by atoms with van der Waals surface area (Å²) in [6.07, 6.45) is 0. The molecule has 0 unspecified atom stereocenters. The number of benzene rings is 5. The van der Waals surface area contributed by atoms with Crippen LogP contribution in [0.2, 0.25) is 0 Å². The molecule has 2 nitrogen and oxygen atoms in total. The van der Waals surface area contributed by atoms with Crippen LogP contribution in [0.5, 0.6) is 0 Å². The van der Waals surface area contributed by atoms with Crippen molar-refractivity contribution in [3.8, 4) is 22.3 Å². The summed E-state index contributed by atoms with van der Waals surface area (Å²) in [5.41, 5.74) is 6.88. The van der Waals surface area contributed by atoms with E-state index in [2.05, 4.69) is 74.3 Å². The van der Waals surface area contributed by atoms with Crippen molar-refractivity contribution in [1.82, 2.24) is 0 Å². The van der Waals surface area contributed by atoms with Crippen LogP contribution < -0.4 is 0 Å². The Kier molecular flexibility index (Phi) is 4.62. The maximum atomic E-state index is 12.7. The molecule has 0 saturated heterocycles. The quantitative estimate of drug-likeness (QED) is 0.221. The first-order valence-corrected chi connectivity index (χ1v) is 13.0. The van der Waals surface area contributed by atoms with Gasteiger partial charge in [0.25, 0.3) is 0 Å². The maximum Gasteiger partial charge on any atom is 0.143 e. The lowest BCUT2D eigenvalue weighted by atomic mass is 9.80. The lowest BCUT2D eigenvalue weighted by Crippen LogP contribution is -2.27. The second kappa shape index (κ2) is 7.66. The van der Waals surface area contributed by atoms with Gasteiger partial charge in [-0.2, -0.15) is 0 Å². The van der Waals surface area contributed by atoms with E-state index in [1.54, 1.807) is 0 Å². The molecule has 0 aliphatic heterocycles. The predicted octanol–water partition coefficient (Wildman–Crippen LogP) is 9.04. The van der Waals surface area contributed by atoms with Crippen molar-refractivity contribution in [2.75, 3.05) is 0 Å². The van der Waals surface area contributed by atoms with Crippen molar-refractivity contribution in [3.05, 3.63) is 129 Å². The van der Waals surface area contributed by atoms with E-state index in [4.69, 9.17) is 4.42 Å². The van der Waals surface area contributed by atoms with Gasteiger partial charge in [0.2, 0.25) is 0 Å². The van der Waals surface area contributed by atoms with Crippen molar-refractivity contribution in [1.29, 1.82) is 0 Å². The van der Waals surface area contributed by atoms with Gasteiger partial charge in [-0.3, -0.25) is 0 Å². The summed E-state index contributed by atoms with van der Waals surface area (Å²) < 4.78 is 8.23. The van der Waals surface area contributed by atoms with Crippen LogP contribution in [-0.4, -0.2) is 5.11 Å². The zero-order valence-electron chi connectivity index (χ0n) is 18.4. The second-order valence-electron chi connectivity index (χ2n) is 8.92. The Morgan fingerprint density at radius 3 is 1.86 bits per heavy atom. The minimum absolute atomic E-state index is 0.823. The van der Waals surface area contributed by atoms with E-state index in [-0.39, 0.29) is 0 Å². The van der Waals surface area contributed by atoms with E-state index in [1.165, 1.54) is 0 Å². The molecule has 5 aromatic carbocycles. The Hall–Kier alpha value is -3.18. The van der Waals surface area contributed by atoms with E-state index < -0.39 is 5.60 Å². The van der Waals surface area contributed by atoms with Gasteiger partial charge in [0.15, 0.2) is 0 Å². The predicted molar refractivity (Wildman–Crippen MR) is 149 cm³/mol.